The maximum Gasteiger partial charge on any atom is 0.417 e. The molecule has 0 aliphatic heterocycles. The topological polar surface area (TPSA) is 49.3 Å². The predicted molar refractivity (Wildman–Crippen MR) is 70.2 cm³/mol. The molecule has 110 valence electrons. The molecular weight excluding hydrogens is 339 g/mol. The molecule has 1 fully saturated rings. The molecule has 3 nitrogen and oxygen atoms in total. The van der Waals surface area contributed by atoms with E-state index in [1.54, 1.807) is 0 Å². The number of alkyl halides is 3. The van der Waals surface area contributed by atoms with Gasteiger partial charge in [0.1, 0.15) is 0 Å². The van der Waals surface area contributed by atoms with Gasteiger partial charge in [-0.05, 0) is 37.0 Å². The Morgan fingerprint density at radius 1 is 1.45 bits per heavy atom. The van der Waals surface area contributed by atoms with E-state index in [2.05, 4.69) is 21.2 Å². The normalized spacial score (nSPS) is 16.9. The minimum Gasteiger partial charge on any atom is -0.391 e. The molecule has 1 aromatic carbocycles. The van der Waals surface area contributed by atoms with Gasteiger partial charge in [-0.2, -0.15) is 13.2 Å². The van der Waals surface area contributed by atoms with Gasteiger partial charge in [-0.3, -0.25) is 4.79 Å². The number of aliphatic hydroxyl groups is 1. The first-order chi connectivity index (χ1) is 9.29. The van der Waals surface area contributed by atoms with Crippen LogP contribution in [0.3, 0.4) is 0 Å². The predicted octanol–water partition coefficient (Wildman–Crippen LogP) is 2.97. The van der Waals surface area contributed by atoms with E-state index in [9.17, 15) is 23.1 Å². The second-order valence-corrected chi connectivity index (χ2v) is 5.72. The van der Waals surface area contributed by atoms with Crippen LogP contribution in [0.2, 0.25) is 0 Å². The van der Waals surface area contributed by atoms with Crippen molar-refractivity contribution in [1.82, 2.24) is 5.32 Å². The smallest absolute Gasteiger partial charge is 0.391 e. The number of carbonyl (C=O) groups is 1. The number of benzene rings is 1. The Morgan fingerprint density at radius 2 is 2.10 bits per heavy atom. The highest BCUT2D eigenvalue weighted by Gasteiger charge is 2.36. The highest BCUT2D eigenvalue weighted by molar-refractivity contribution is 9.10. The summed E-state index contributed by atoms with van der Waals surface area (Å²) in [5.41, 5.74) is -1.44. The molecule has 1 atom stereocenters. The monoisotopic (exact) mass is 351 g/mol. The van der Waals surface area contributed by atoms with Crippen LogP contribution in [-0.2, 0) is 6.18 Å². The summed E-state index contributed by atoms with van der Waals surface area (Å²) in [5, 5.41) is 12.0. The van der Waals surface area contributed by atoms with Gasteiger partial charge in [-0.25, -0.2) is 0 Å². The fourth-order valence-corrected chi connectivity index (χ4v) is 2.25. The summed E-state index contributed by atoms with van der Waals surface area (Å²) in [5.74, 6) is -0.674. The Morgan fingerprint density at radius 3 is 2.65 bits per heavy atom. The van der Waals surface area contributed by atoms with Crippen LogP contribution in [0.5, 0.6) is 0 Å². The maximum atomic E-state index is 12.9. The van der Waals surface area contributed by atoms with E-state index >= 15 is 0 Å². The number of aliphatic hydroxyl groups excluding tert-OH is 1. The van der Waals surface area contributed by atoms with Crippen LogP contribution in [0.15, 0.2) is 22.7 Å². The van der Waals surface area contributed by atoms with E-state index in [4.69, 9.17) is 0 Å². The Hall–Kier alpha value is -1.08. The third-order valence-electron chi connectivity index (χ3n) is 3.17. The van der Waals surface area contributed by atoms with Crippen LogP contribution in [0.1, 0.15) is 28.8 Å². The molecule has 7 heteroatoms. The molecule has 20 heavy (non-hydrogen) atoms. The van der Waals surface area contributed by atoms with Gasteiger partial charge in [0.25, 0.3) is 5.91 Å². The van der Waals surface area contributed by atoms with Crippen molar-refractivity contribution in [1.29, 1.82) is 0 Å². The minimum atomic E-state index is -4.61. The van der Waals surface area contributed by atoms with Crippen molar-refractivity contribution >= 4 is 21.8 Å². The Balaban J connectivity index is 2.12. The summed E-state index contributed by atoms with van der Waals surface area (Å²) in [7, 11) is 0. The average molecular weight is 352 g/mol. The standard InChI is InChI=1S/C13H13BrF3NO2/c14-8-3-4-9(10(5-8)13(15,16)17)12(20)18-6-11(19)7-1-2-7/h3-5,7,11,19H,1-2,6H2,(H,18,20). The number of amides is 1. The van der Waals surface area contributed by atoms with Crippen molar-refractivity contribution in [2.45, 2.75) is 25.1 Å². The Labute approximate surface area is 122 Å². The van der Waals surface area contributed by atoms with Crippen LogP contribution in [0.25, 0.3) is 0 Å². The molecule has 1 aromatic rings. The summed E-state index contributed by atoms with van der Waals surface area (Å²) >= 11 is 2.96. The second kappa shape index (κ2) is 5.73. The zero-order valence-electron chi connectivity index (χ0n) is 10.4. The largest absolute Gasteiger partial charge is 0.417 e. The molecule has 0 saturated heterocycles. The molecule has 0 spiro atoms. The van der Waals surface area contributed by atoms with Crippen molar-refractivity contribution in [3.8, 4) is 0 Å². The first kappa shape index (κ1) is 15.3. The lowest BCUT2D eigenvalue weighted by Gasteiger charge is -2.15. The molecule has 1 amide bonds. The maximum absolute atomic E-state index is 12.9. The molecule has 0 aromatic heterocycles. The van der Waals surface area contributed by atoms with Gasteiger partial charge in [0.15, 0.2) is 0 Å². The second-order valence-electron chi connectivity index (χ2n) is 4.80. The fraction of sp³-hybridized carbons (Fsp3) is 0.462. The van der Waals surface area contributed by atoms with Crippen molar-refractivity contribution in [2.24, 2.45) is 5.92 Å². The van der Waals surface area contributed by atoms with Gasteiger partial charge in [0.05, 0.1) is 17.2 Å². The third-order valence-corrected chi connectivity index (χ3v) is 3.66. The number of rotatable bonds is 4. The van der Waals surface area contributed by atoms with E-state index in [1.807, 2.05) is 0 Å². The van der Waals surface area contributed by atoms with E-state index in [0.717, 1.165) is 25.0 Å². The lowest BCUT2D eigenvalue weighted by Crippen LogP contribution is -2.34. The van der Waals surface area contributed by atoms with Gasteiger partial charge >= 0.3 is 6.18 Å². The minimum absolute atomic E-state index is 0.0309. The molecule has 1 aliphatic rings. The SMILES string of the molecule is O=C(NCC(O)C1CC1)c1ccc(Br)cc1C(F)(F)F. The molecule has 1 unspecified atom stereocenters. The fourth-order valence-electron chi connectivity index (χ4n) is 1.89. The first-order valence-electron chi connectivity index (χ1n) is 6.12. The van der Waals surface area contributed by atoms with Gasteiger partial charge < -0.3 is 10.4 Å². The van der Waals surface area contributed by atoms with Crippen molar-refractivity contribution < 1.29 is 23.1 Å². The van der Waals surface area contributed by atoms with E-state index < -0.39 is 29.3 Å². The summed E-state index contributed by atoms with van der Waals surface area (Å²) < 4.78 is 38.9. The van der Waals surface area contributed by atoms with Crippen LogP contribution in [-0.4, -0.2) is 23.7 Å². The number of hydrogen-bond acceptors (Lipinski definition) is 2. The molecular formula is C13H13BrF3NO2. The van der Waals surface area contributed by atoms with Crippen molar-refractivity contribution in [2.75, 3.05) is 6.54 Å². The summed E-state index contributed by atoms with van der Waals surface area (Å²) in [6, 6.07) is 3.36. The van der Waals surface area contributed by atoms with Crippen LogP contribution in [0, 0.1) is 5.92 Å². The van der Waals surface area contributed by atoms with Crippen molar-refractivity contribution in [3.63, 3.8) is 0 Å². The molecule has 2 rings (SSSR count). The van der Waals surface area contributed by atoms with E-state index in [1.165, 1.54) is 6.07 Å². The molecule has 2 N–H and O–H groups in total. The number of halogens is 4. The zero-order valence-corrected chi connectivity index (χ0v) is 12.0. The number of carbonyl (C=O) groups excluding carboxylic acids is 1. The van der Waals surface area contributed by atoms with Gasteiger partial charge in [-0.1, -0.05) is 15.9 Å². The summed E-state index contributed by atoms with van der Waals surface area (Å²) in [6.45, 7) is -0.0309. The van der Waals surface area contributed by atoms with Gasteiger partial charge in [0, 0.05) is 11.0 Å². The van der Waals surface area contributed by atoms with Crippen molar-refractivity contribution in [3.05, 3.63) is 33.8 Å². The van der Waals surface area contributed by atoms with Crippen LogP contribution in [0.4, 0.5) is 13.2 Å². The van der Waals surface area contributed by atoms with Crippen LogP contribution >= 0.6 is 15.9 Å². The van der Waals surface area contributed by atoms with Crippen LogP contribution < -0.4 is 5.32 Å². The molecule has 1 saturated carbocycles. The van der Waals surface area contributed by atoms with E-state index in [0.29, 0.717) is 0 Å². The van der Waals surface area contributed by atoms with Gasteiger partial charge in [-0.15, -0.1) is 0 Å². The first-order valence-corrected chi connectivity index (χ1v) is 6.91. The Kier molecular flexibility index (Phi) is 4.39. The molecule has 0 bridgehead atoms. The zero-order chi connectivity index (χ0) is 14.9. The lowest BCUT2D eigenvalue weighted by atomic mass is 10.1. The summed E-state index contributed by atoms with van der Waals surface area (Å²) in [4.78, 5) is 11.8. The van der Waals surface area contributed by atoms with E-state index in [-0.39, 0.29) is 16.9 Å². The lowest BCUT2D eigenvalue weighted by molar-refractivity contribution is -0.138. The summed E-state index contributed by atoms with van der Waals surface area (Å²) in [6.07, 6.45) is -3.51. The third kappa shape index (κ3) is 3.73. The average Bonchev–Trinajstić information content (AvgIpc) is 3.18. The number of hydrogen-bond donors (Lipinski definition) is 2. The quantitative estimate of drug-likeness (QED) is 0.876. The Bertz CT molecular complexity index is 515. The highest BCUT2D eigenvalue weighted by atomic mass is 79.9. The number of nitrogens with one attached hydrogen (secondary N) is 1. The molecule has 0 heterocycles. The molecule has 0 radical (unpaired) electrons. The molecule has 1 aliphatic carbocycles. The highest BCUT2D eigenvalue weighted by Crippen LogP contribution is 2.34. The van der Waals surface area contributed by atoms with Gasteiger partial charge in [0.2, 0.25) is 0 Å².